The standard InChI is InChI=1S/C17H24ClN3O3/c1-24-12-7-19-13-16(22)20-8-2-9-21(11-10-20)17(23)14-3-5-15(18)6-4-14/h3-6,19H,2,7-13H2,1H3. The van der Waals surface area contributed by atoms with E-state index in [0.717, 1.165) is 6.42 Å². The lowest BCUT2D eigenvalue weighted by atomic mass is 10.2. The molecule has 7 heteroatoms. The van der Waals surface area contributed by atoms with Gasteiger partial charge in [0.15, 0.2) is 0 Å². The van der Waals surface area contributed by atoms with Crippen molar-refractivity contribution in [2.45, 2.75) is 6.42 Å². The number of halogens is 1. The number of hydrogen-bond donors (Lipinski definition) is 1. The van der Waals surface area contributed by atoms with E-state index in [9.17, 15) is 9.59 Å². The second-order valence-corrected chi connectivity index (χ2v) is 6.14. The van der Waals surface area contributed by atoms with E-state index in [1.165, 1.54) is 0 Å². The molecule has 1 aliphatic rings. The highest BCUT2D eigenvalue weighted by atomic mass is 35.5. The zero-order valence-electron chi connectivity index (χ0n) is 14.0. The van der Waals surface area contributed by atoms with Crippen LogP contribution in [0, 0.1) is 0 Å². The quantitative estimate of drug-likeness (QED) is 0.782. The average molecular weight is 354 g/mol. The molecule has 2 rings (SSSR count). The van der Waals surface area contributed by atoms with Crippen molar-refractivity contribution in [3.63, 3.8) is 0 Å². The third-order valence-electron chi connectivity index (χ3n) is 3.99. The molecule has 0 spiro atoms. The third kappa shape index (κ3) is 5.47. The predicted octanol–water partition coefficient (Wildman–Crippen LogP) is 1.25. The van der Waals surface area contributed by atoms with Crippen LogP contribution in [-0.2, 0) is 9.53 Å². The second-order valence-electron chi connectivity index (χ2n) is 5.70. The Hall–Kier alpha value is -1.63. The van der Waals surface area contributed by atoms with Crippen molar-refractivity contribution in [3.05, 3.63) is 34.9 Å². The van der Waals surface area contributed by atoms with Crippen LogP contribution in [0.4, 0.5) is 0 Å². The van der Waals surface area contributed by atoms with Crippen molar-refractivity contribution in [3.8, 4) is 0 Å². The van der Waals surface area contributed by atoms with Gasteiger partial charge in [0, 0.05) is 50.4 Å². The van der Waals surface area contributed by atoms with E-state index in [2.05, 4.69) is 5.32 Å². The predicted molar refractivity (Wildman–Crippen MR) is 93.3 cm³/mol. The summed E-state index contributed by atoms with van der Waals surface area (Å²) < 4.78 is 4.94. The zero-order chi connectivity index (χ0) is 17.4. The molecule has 1 saturated heterocycles. The van der Waals surface area contributed by atoms with E-state index in [1.54, 1.807) is 36.3 Å². The van der Waals surface area contributed by atoms with Crippen LogP contribution in [0.5, 0.6) is 0 Å². The van der Waals surface area contributed by atoms with Crippen molar-refractivity contribution in [1.82, 2.24) is 15.1 Å². The molecule has 1 fully saturated rings. The number of ether oxygens (including phenoxy) is 1. The molecule has 2 amide bonds. The van der Waals surface area contributed by atoms with E-state index in [-0.39, 0.29) is 11.8 Å². The fourth-order valence-electron chi connectivity index (χ4n) is 2.63. The van der Waals surface area contributed by atoms with Gasteiger partial charge in [-0.25, -0.2) is 0 Å². The highest BCUT2D eigenvalue weighted by Gasteiger charge is 2.22. The molecule has 132 valence electrons. The number of amides is 2. The summed E-state index contributed by atoms with van der Waals surface area (Å²) in [6.07, 6.45) is 0.781. The first-order valence-electron chi connectivity index (χ1n) is 8.14. The number of benzene rings is 1. The first-order valence-corrected chi connectivity index (χ1v) is 8.52. The Bertz CT molecular complexity index is 551. The summed E-state index contributed by atoms with van der Waals surface area (Å²) in [6, 6.07) is 6.90. The maximum atomic E-state index is 12.5. The third-order valence-corrected chi connectivity index (χ3v) is 4.24. The van der Waals surface area contributed by atoms with E-state index in [1.807, 2.05) is 4.90 Å². The molecule has 1 N–H and O–H groups in total. The lowest BCUT2D eigenvalue weighted by Gasteiger charge is -2.22. The molecule has 1 aromatic carbocycles. The fourth-order valence-corrected chi connectivity index (χ4v) is 2.75. The number of carbonyl (C=O) groups is 2. The zero-order valence-corrected chi connectivity index (χ0v) is 14.7. The summed E-state index contributed by atoms with van der Waals surface area (Å²) >= 11 is 5.86. The van der Waals surface area contributed by atoms with Crippen LogP contribution in [0.25, 0.3) is 0 Å². The molecule has 24 heavy (non-hydrogen) atoms. The number of nitrogens with zero attached hydrogens (tertiary/aromatic N) is 2. The van der Waals surface area contributed by atoms with Gasteiger partial charge in [0.25, 0.3) is 5.91 Å². The minimum absolute atomic E-state index is 0.0146. The summed E-state index contributed by atoms with van der Waals surface area (Å²) in [4.78, 5) is 28.4. The van der Waals surface area contributed by atoms with Gasteiger partial charge in [0.2, 0.25) is 5.91 Å². The highest BCUT2D eigenvalue weighted by molar-refractivity contribution is 6.30. The first kappa shape index (κ1) is 18.7. The average Bonchev–Trinajstić information content (AvgIpc) is 2.85. The summed E-state index contributed by atoms with van der Waals surface area (Å²) in [6.45, 7) is 3.97. The Labute approximate surface area is 147 Å². The topological polar surface area (TPSA) is 61.9 Å². The molecule has 0 unspecified atom stereocenters. The van der Waals surface area contributed by atoms with Gasteiger partial charge in [-0.1, -0.05) is 11.6 Å². The van der Waals surface area contributed by atoms with Crippen LogP contribution in [0.1, 0.15) is 16.8 Å². The van der Waals surface area contributed by atoms with Crippen LogP contribution in [0.3, 0.4) is 0 Å². The van der Waals surface area contributed by atoms with Gasteiger partial charge in [-0.15, -0.1) is 0 Å². The maximum absolute atomic E-state index is 12.5. The number of carbonyl (C=O) groups excluding carboxylic acids is 2. The second kappa shape index (κ2) is 9.61. The molecule has 1 heterocycles. The first-order chi connectivity index (χ1) is 11.6. The van der Waals surface area contributed by atoms with Crippen molar-refractivity contribution < 1.29 is 14.3 Å². The molecule has 1 aromatic rings. The summed E-state index contributed by atoms with van der Waals surface area (Å²) in [7, 11) is 1.63. The van der Waals surface area contributed by atoms with Gasteiger partial charge in [0.1, 0.15) is 0 Å². The molecular weight excluding hydrogens is 330 g/mol. The van der Waals surface area contributed by atoms with Crippen molar-refractivity contribution in [2.75, 3.05) is 53.0 Å². The summed E-state index contributed by atoms with van der Waals surface area (Å²) in [5.74, 6) is 0.0473. The largest absolute Gasteiger partial charge is 0.383 e. The van der Waals surface area contributed by atoms with E-state index < -0.39 is 0 Å². The van der Waals surface area contributed by atoms with Gasteiger partial charge in [0.05, 0.1) is 13.2 Å². The van der Waals surface area contributed by atoms with Crippen molar-refractivity contribution >= 4 is 23.4 Å². The summed E-state index contributed by atoms with van der Waals surface area (Å²) in [5.41, 5.74) is 0.625. The Morgan fingerprint density at radius 2 is 1.79 bits per heavy atom. The molecule has 6 nitrogen and oxygen atoms in total. The minimum Gasteiger partial charge on any atom is -0.383 e. The van der Waals surface area contributed by atoms with Crippen LogP contribution in [0.2, 0.25) is 5.02 Å². The normalized spacial score (nSPS) is 15.2. The van der Waals surface area contributed by atoms with Crippen molar-refractivity contribution in [2.24, 2.45) is 0 Å². The molecule has 0 aromatic heterocycles. The van der Waals surface area contributed by atoms with E-state index in [4.69, 9.17) is 16.3 Å². The fraction of sp³-hybridized carbons (Fsp3) is 0.529. The number of rotatable bonds is 6. The smallest absolute Gasteiger partial charge is 0.253 e. The van der Waals surface area contributed by atoms with Gasteiger partial charge < -0.3 is 19.9 Å². The summed E-state index contributed by atoms with van der Waals surface area (Å²) in [5, 5.41) is 3.67. The minimum atomic E-state index is -0.0146. The molecule has 0 aliphatic carbocycles. The van der Waals surface area contributed by atoms with E-state index >= 15 is 0 Å². The highest BCUT2D eigenvalue weighted by Crippen LogP contribution is 2.13. The lowest BCUT2D eigenvalue weighted by Crippen LogP contribution is -2.41. The molecule has 1 aliphatic heterocycles. The Kier molecular flexibility index (Phi) is 7.49. The van der Waals surface area contributed by atoms with Gasteiger partial charge in [-0.05, 0) is 30.7 Å². The van der Waals surface area contributed by atoms with Crippen molar-refractivity contribution in [1.29, 1.82) is 0 Å². The Balaban J connectivity index is 1.84. The van der Waals surface area contributed by atoms with Crippen LogP contribution in [-0.4, -0.2) is 74.6 Å². The lowest BCUT2D eigenvalue weighted by molar-refractivity contribution is -0.130. The molecule has 0 bridgehead atoms. The van der Waals surface area contributed by atoms with Crippen LogP contribution >= 0.6 is 11.6 Å². The number of nitrogens with one attached hydrogen (secondary N) is 1. The van der Waals surface area contributed by atoms with Gasteiger partial charge in [-0.2, -0.15) is 0 Å². The monoisotopic (exact) mass is 353 g/mol. The number of methoxy groups -OCH3 is 1. The number of hydrogen-bond acceptors (Lipinski definition) is 4. The van der Waals surface area contributed by atoms with Crippen LogP contribution < -0.4 is 5.32 Å². The van der Waals surface area contributed by atoms with Gasteiger partial charge in [-0.3, -0.25) is 9.59 Å². The van der Waals surface area contributed by atoms with Gasteiger partial charge >= 0.3 is 0 Å². The maximum Gasteiger partial charge on any atom is 0.253 e. The SMILES string of the molecule is COCCNCC(=O)N1CCCN(C(=O)c2ccc(Cl)cc2)CC1. The van der Waals surface area contributed by atoms with Crippen LogP contribution in [0.15, 0.2) is 24.3 Å². The van der Waals surface area contributed by atoms with E-state index in [0.29, 0.717) is 56.5 Å². The molecule has 0 atom stereocenters. The molecular formula is C17H24ClN3O3. The molecule has 0 radical (unpaired) electrons. The Morgan fingerprint density at radius 1 is 1.12 bits per heavy atom. The molecule has 0 saturated carbocycles. The Morgan fingerprint density at radius 3 is 2.50 bits per heavy atom.